The van der Waals surface area contributed by atoms with Crippen molar-refractivity contribution in [3.8, 4) is 0 Å². The van der Waals surface area contributed by atoms with Gasteiger partial charge < -0.3 is 5.73 Å². The summed E-state index contributed by atoms with van der Waals surface area (Å²) >= 11 is 2.05. The lowest BCUT2D eigenvalue weighted by molar-refractivity contribution is 0.535. The molecule has 2 heteroatoms. The van der Waals surface area contributed by atoms with Crippen molar-refractivity contribution in [2.24, 2.45) is 11.7 Å². The first-order valence-electron chi connectivity index (χ1n) is 3.21. The first kappa shape index (κ1) is 6.43. The molecule has 2 N–H and O–H groups in total. The SMILES string of the molecule is NC[C@@H]1CCCSC1. The lowest BCUT2D eigenvalue weighted by atomic mass is 10.1. The van der Waals surface area contributed by atoms with Gasteiger partial charge >= 0.3 is 0 Å². The predicted octanol–water partition coefficient (Wildman–Crippen LogP) is 1.09. The van der Waals surface area contributed by atoms with E-state index in [1.165, 1.54) is 24.3 Å². The summed E-state index contributed by atoms with van der Waals surface area (Å²) < 4.78 is 0. The van der Waals surface area contributed by atoms with Crippen LogP contribution in [-0.4, -0.2) is 18.1 Å². The van der Waals surface area contributed by atoms with Crippen LogP contribution in [0.25, 0.3) is 0 Å². The summed E-state index contributed by atoms with van der Waals surface area (Å²) in [5.74, 6) is 3.49. The lowest BCUT2D eigenvalue weighted by Gasteiger charge is -2.18. The highest BCUT2D eigenvalue weighted by molar-refractivity contribution is 7.99. The van der Waals surface area contributed by atoms with Gasteiger partial charge in [0.05, 0.1) is 0 Å². The smallest absolute Gasteiger partial charge is 0.00271 e. The van der Waals surface area contributed by atoms with Crippen LogP contribution in [0.4, 0.5) is 0 Å². The first-order valence-corrected chi connectivity index (χ1v) is 4.37. The molecule has 8 heavy (non-hydrogen) atoms. The zero-order valence-corrected chi connectivity index (χ0v) is 5.91. The maximum Gasteiger partial charge on any atom is -0.00271 e. The number of rotatable bonds is 1. The molecule has 0 aromatic carbocycles. The second kappa shape index (κ2) is 3.36. The molecule has 1 fully saturated rings. The second-order valence-electron chi connectivity index (χ2n) is 2.32. The van der Waals surface area contributed by atoms with Crippen molar-refractivity contribution in [1.82, 2.24) is 0 Å². The molecule has 0 aromatic rings. The van der Waals surface area contributed by atoms with Gasteiger partial charge in [-0.3, -0.25) is 0 Å². The molecule has 0 bridgehead atoms. The molecule has 1 saturated heterocycles. The van der Waals surface area contributed by atoms with E-state index in [1.807, 2.05) is 11.8 Å². The lowest BCUT2D eigenvalue weighted by Crippen LogP contribution is -2.19. The zero-order valence-electron chi connectivity index (χ0n) is 5.10. The number of hydrogen-bond acceptors (Lipinski definition) is 2. The van der Waals surface area contributed by atoms with Crippen LogP contribution in [0.5, 0.6) is 0 Å². The molecule has 48 valence electrons. The Bertz CT molecular complexity index is 59.5. The Morgan fingerprint density at radius 1 is 1.62 bits per heavy atom. The molecule has 0 spiro atoms. The fourth-order valence-corrected chi connectivity index (χ4v) is 2.17. The normalized spacial score (nSPS) is 30.4. The first-order chi connectivity index (χ1) is 3.93. The van der Waals surface area contributed by atoms with Gasteiger partial charge in [0.1, 0.15) is 0 Å². The van der Waals surface area contributed by atoms with Crippen LogP contribution in [0.3, 0.4) is 0 Å². The van der Waals surface area contributed by atoms with Crippen molar-refractivity contribution in [3.05, 3.63) is 0 Å². The molecule has 0 aromatic heterocycles. The standard InChI is InChI=1S/C6H13NS/c7-4-6-2-1-3-8-5-6/h6H,1-5,7H2/t6-/m0/s1. The van der Waals surface area contributed by atoms with Gasteiger partial charge in [0, 0.05) is 0 Å². The van der Waals surface area contributed by atoms with Crippen LogP contribution in [0, 0.1) is 5.92 Å². The molecular weight excluding hydrogens is 118 g/mol. The quantitative estimate of drug-likeness (QED) is 0.576. The van der Waals surface area contributed by atoms with Crippen LogP contribution in [-0.2, 0) is 0 Å². The van der Waals surface area contributed by atoms with Crippen LogP contribution in [0.1, 0.15) is 12.8 Å². The monoisotopic (exact) mass is 131 g/mol. The molecule has 0 radical (unpaired) electrons. The van der Waals surface area contributed by atoms with E-state index in [1.54, 1.807) is 0 Å². The average Bonchev–Trinajstić information content (AvgIpc) is 1.90. The largest absolute Gasteiger partial charge is 0.330 e. The van der Waals surface area contributed by atoms with Crippen LogP contribution < -0.4 is 5.73 Å². The third-order valence-electron chi connectivity index (χ3n) is 1.59. The fourth-order valence-electron chi connectivity index (χ4n) is 0.993. The van der Waals surface area contributed by atoms with E-state index in [9.17, 15) is 0 Å². The Hall–Kier alpha value is 0.310. The zero-order chi connectivity index (χ0) is 5.82. The highest BCUT2D eigenvalue weighted by Gasteiger charge is 2.10. The maximum atomic E-state index is 5.49. The van der Waals surface area contributed by atoms with Crippen molar-refractivity contribution in [3.63, 3.8) is 0 Å². The Morgan fingerprint density at radius 3 is 2.88 bits per heavy atom. The summed E-state index contributed by atoms with van der Waals surface area (Å²) in [5.41, 5.74) is 5.49. The topological polar surface area (TPSA) is 26.0 Å². The molecule has 1 rings (SSSR count). The molecule has 0 aliphatic carbocycles. The third-order valence-corrected chi connectivity index (χ3v) is 2.87. The van der Waals surface area contributed by atoms with Gasteiger partial charge in [-0.15, -0.1) is 0 Å². The molecule has 1 atom stereocenters. The van der Waals surface area contributed by atoms with Crippen LogP contribution in [0.2, 0.25) is 0 Å². The minimum atomic E-state index is 0.828. The molecule has 0 saturated carbocycles. The molecule has 1 aliphatic heterocycles. The van der Waals surface area contributed by atoms with Crippen molar-refractivity contribution in [1.29, 1.82) is 0 Å². The van der Waals surface area contributed by atoms with E-state index >= 15 is 0 Å². The molecule has 1 nitrogen and oxygen atoms in total. The Labute approximate surface area is 55.0 Å². The second-order valence-corrected chi connectivity index (χ2v) is 3.47. The highest BCUT2D eigenvalue weighted by Crippen LogP contribution is 2.20. The maximum absolute atomic E-state index is 5.49. The van der Waals surface area contributed by atoms with E-state index in [0.717, 1.165) is 12.5 Å². The van der Waals surface area contributed by atoms with Crippen molar-refractivity contribution >= 4 is 11.8 Å². The molecular formula is C6H13NS. The van der Waals surface area contributed by atoms with Crippen molar-refractivity contribution in [2.45, 2.75) is 12.8 Å². The molecule has 0 amide bonds. The van der Waals surface area contributed by atoms with Gasteiger partial charge in [0.15, 0.2) is 0 Å². The van der Waals surface area contributed by atoms with E-state index in [-0.39, 0.29) is 0 Å². The van der Waals surface area contributed by atoms with Gasteiger partial charge in [0.25, 0.3) is 0 Å². The van der Waals surface area contributed by atoms with E-state index < -0.39 is 0 Å². The van der Waals surface area contributed by atoms with Gasteiger partial charge in [0.2, 0.25) is 0 Å². The average molecular weight is 131 g/mol. The number of nitrogens with two attached hydrogens (primary N) is 1. The van der Waals surface area contributed by atoms with E-state index in [2.05, 4.69) is 0 Å². The minimum absolute atomic E-state index is 0.828. The van der Waals surface area contributed by atoms with E-state index in [4.69, 9.17) is 5.73 Å². The van der Waals surface area contributed by atoms with Gasteiger partial charge in [-0.1, -0.05) is 0 Å². The summed E-state index contributed by atoms with van der Waals surface area (Å²) in [4.78, 5) is 0. The Morgan fingerprint density at radius 2 is 2.50 bits per heavy atom. The summed E-state index contributed by atoms with van der Waals surface area (Å²) in [5, 5.41) is 0. The van der Waals surface area contributed by atoms with Crippen molar-refractivity contribution in [2.75, 3.05) is 18.1 Å². The number of thioether (sulfide) groups is 1. The third kappa shape index (κ3) is 1.67. The van der Waals surface area contributed by atoms with Gasteiger partial charge in [-0.25, -0.2) is 0 Å². The molecule has 1 aliphatic rings. The number of hydrogen-bond donors (Lipinski definition) is 1. The summed E-state index contributed by atoms with van der Waals surface area (Å²) in [6.07, 6.45) is 2.75. The summed E-state index contributed by atoms with van der Waals surface area (Å²) in [6, 6.07) is 0. The predicted molar refractivity (Wildman–Crippen MR) is 39.1 cm³/mol. The summed E-state index contributed by atoms with van der Waals surface area (Å²) in [6.45, 7) is 0.896. The fraction of sp³-hybridized carbons (Fsp3) is 1.00. The van der Waals surface area contributed by atoms with Crippen LogP contribution >= 0.6 is 11.8 Å². The summed E-state index contributed by atoms with van der Waals surface area (Å²) in [7, 11) is 0. The van der Waals surface area contributed by atoms with Gasteiger partial charge in [-0.05, 0) is 36.8 Å². The molecule has 1 heterocycles. The molecule has 0 unspecified atom stereocenters. The Kier molecular flexibility index (Phi) is 2.70. The highest BCUT2D eigenvalue weighted by atomic mass is 32.2. The van der Waals surface area contributed by atoms with Gasteiger partial charge in [-0.2, -0.15) is 11.8 Å². The van der Waals surface area contributed by atoms with Crippen molar-refractivity contribution < 1.29 is 0 Å². The van der Waals surface area contributed by atoms with E-state index in [0.29, 0.717) is 0 Å². The Balaban J connectivity index is 2.13. The minimum Gasteiger partial charge on any atom is -0.330 e. The van der Waals surface area contributed by atoms with Crippen LogP contribution in [0.15, 0.2) is 0 Å².